The zero-order chi connectivity index (χ0) is 10.8. The predicted octanol–water partition coefficient (Wildman–Crippen LogP) is 2.56. The van der Waals surface area contributed by atoms with Crippen molar-refractivity contribution in [1.82, 2.24) is 0 Å². The molecule has 0 rings (SSSR count). The van der Waals surface area contributed by atoms with E-state index < -0.39 is 14.3 Å². The maximum Gasteiger partial charge on any atom is 0.510 e. The quantitative estimate of drug-likeness (QED) is 0.386. The first-order valence-electron chi connectivity index (χ1n) is 4.87. The van der Waals surface area contributed by atoms with Gasteiger partial charge in [-0.25, -0.2) is 0 Å². The van der Waals surface area contributed by atoms with Gasteiger partial charge in [0.1, 0.15) is 0 Å². The number of hydrogen-bond acceptors (Lipinski definition) is 4. The number of hydrogen-bond donors (Lipinski definition) is 1. The fourth-order valence-electron chi connectivity index (χ4n) is 0.963. The van der Waals surface area contributed by atoms with E-state index in [1.54, 1.807) is 6.92 Å². The van der Waals surface area contributed by atoms with Crippen LogP contribution in [0, 0.1) is 11.3 Å². The number of aliphatic hydroxyl groups excluding tert-OH is 1. The van der Waals surface area contributed by atoms with Crippen LogP contribution in [0.4, 0.5) is 0 Å². The molecular weight excluding hydrogens is 201 g/mol. The SMILES string of the molecule is CC[P+](=O)OC(O)CCCCCC#N. The summed E-state index contributed by atoms with van der Waals surface area (Å²) < 4.78 is 15.7. The Labute approximate surface area is 85.8 Å². The molecule has 1 N–H and O–H groups in total. The highest BCUT2D eigenvalue weighted by molar-refractivity contribution is 7.39. The van der Waals surface area contributed by atoms with Gasteiger partial charge in [-0.05, 0) is 24.3 Å². The molecule has 0 heterocycles. The molecule has 14 heavy (non-hydrogen) atoms. The first-order valence-corrected chi connectivity index (χ1v) is 6.23. The summed E-state index contributed by atoms with van der Waals surface area (Å²) in [6.45, 7) is 1.75. The Bertz CT molecular complexity index is 203. The van der Waals surface area contributed by atoms with E-state index in [4.69, 9.17) is 9.79 Å². The van der Waals surface area contributed by atoms with Gasteiger partial charge in [0.15, 0.2) is 6.16 Å². The van der Waals surface area contributed by atoms with E-state index in [0.717, 1.165) is 19.3 Å². The highest BCUT2D eigenvalue weighted by Gasteiger charge is 2.19. The maximum atomic E-state index is 10.9. The smallest absolute Gasteiger partial charge is 0.364 e. The van der Waals surface area contributed by atoms with E-state index in [1.165, 1.54) is 0 Å². The molecule has 4 nitrogen and oxygen atoms in total. The molecular formula is C9H17NO3P+. The van der Waals surface area contributed by atoms with Crippen LogP contribution in [0.5, 0.6) is 0 Å². The molecule has 0 aromatic heterocycles. The van der Waals surface area contributed by atoms with Gasteiger partial charge in [-0.1, -0.05) is 6.42 Å². The average Bonchev–Trinajstić information content (AvgIpc) is 2.17. The normalized spacial score (nSPS) is 13.4. The van der Waals surface area contributed by atoms with Crippen molar-refractivity contribution in [2.45, 2.75) is 45.3 Å². The van der Waals surface area contributed by atoms with Gasteiger partial charge < -0.3 is 5.11 Å². The third-order valence-corrected chi connectivity index (χ3v) is 2.73. The van der Waals surface area contributed by atoms with Crippen LogP contribution in [-0.4, -0.2) is 17.6 Å². The second-order valence-corrected chi connectivity index (χ2v) is 4.48. The van der Waals surface area contributed by atoms with E-state index in [1.807, 2.05) is 0 Å². The van der Waals surface area contributed by atoms with Gasteiger partial charge in [0.25, 0.3) is 0 Å². The molecule has 0 amide bonds. The van der Waals surface area contributed by atoms with Crippen LogP contribution in [0.25, 0.3) is 0 Å². The van der Waals surface area contributed by atoms with Crippen molar-refractivity contribution in [3.05, 3.63) is 0 Å². The van der Waals surface area contributed by atoms with Crippen molar-refractivity contribution in [3.63, 3.8) is 0 Å². The van der Waals surface area contributed by atoms with Gasteiger partial charge >= 0.3 is 8.03 Å². The summed E-state index contributed by atoms with van der Waals surface area (Å²) in [4.78, 5) is 0. The Balaban J connectivity index is 3.31. The van der Waals surface area contributed by atoms with Gasteiger partial charge in [-0.3, -0.25) is 0 Å². The molecule has 0 bridgehead atoms. The molecule has 0 aromatic rings. The maximum absolute atomic E-state index is 10.9. The molecule has 0 radical (unpaired) electrons. The third-order valence-electron chi connectivity index (χ3n) is 1.74. The number of rotatable bonds is 8. The van der Waals surface area contributed by atoms with Crippen molar-refractivity contribution in [2.75, 3.05) is 6.16 Å². The second kappa shape index (κ2) is 9.08. The molecule has 2 atom stereocenters. The van der Waals surface area contributed by atoms with Gasteiger partial charge in [-0.15, -0.1) is 4.52 Å². The lowest BCUT2D eigenvalue weighted by Crippen LogP contribution is -2.07. The topological polar surface area (TPSA) is 70.3 Å². The van der Waals surface area contributed by atoms with E-state index in [-0.39, 0.29) is 0 Å². The first kappa shape index (κ1) is 13.5. The lowest BCUT2D eigenvalue weighted by Gasteiger charge is -2.02. The van der Waals surface area contributed by atoms with Crippen LogP contribution < -0.4 is 0 Å². The summed E-state index contributed by atoms with van der Waals surface area (Å²) in [5.41, 5.74) is 0. The summed E-state index contributed by atoms with van der Waals surface area (Å²) in [5.74, 6) is 0. The van der Waals surface area contributed by atoms with Crippen molar-refractivity contribution >= 4 is 8.03 Å². The van der Waals surface area contributed by atoms with Crippen molar-refractivity contribution in [1.29, 1.82) is 5.26 Å². The minimum Gasteiger partial charge on any atom is -0.364 e. The molecule has 0 aliphatic rings. The molecule has 0 fully saturated rings. The van der Waals surface area contributed by atoms with E-state index in [9.17, 15) is 9.67 Å². The molecule has 0 aromatic carbocycles. The van der Waals surface area contributed by atoms with Crippen molar-refractivity contribution < 1.29 is 14.2 Å². The monoisotopic (exact) mass is 218 g/mol. The van der Waals surface area contributed by atoms with E-state index in [0.29, 0.717) is 19.0 Å². The summed E-state index contributed by atoms with van der Waals surface area (Å²) in [5, 5.41) is 17.5. The van der Waals surface area contributed by atoms with Crippen molar-refractivity contribution in [2.24, 2.45) is 0 Å². The Hall–Kier alpha value is -0.490. The number of nitriles is 1. The van der Waals surface area contributed by atoms with E-state index >= 15 is 0 Å². The predicted molar refractivity (Wildman–Crippen MR) is 53.9 cm³/mol. The fourth-order valence-corrected chi connectivity index (χ4v) is 1.49. The van der Waals surface area contributed by atoms with Crippen molar-refractivity contribution in [3.8, 4) is 6.07 Å². The zero-order valence-corrected chi connectivity index (χ0v) is 9.37. The minimum atomic E-state index is -1.70. The fraction of sp³-hybridized carbons (Fsp3) is 0.889. The van der Waals surface area contributed by atoms with Crippen LogP contribution in [0.15, 0.2) is 0 Å². The summed E-state index contributed by atoms with van der Waals surface area (Å²) in [7, 11) is -1.70. The standard InChI is InChI=1S/C9H17NO3P/c1-2-14(12)13-9(11)7-5-3-4-6-8-10/h9,11H,2-7H2,1H3/q+1. The Morgan fingerprint density at radius 3 is 2.79 bits per heavy atom. The summed E-state index contributed by atoms with van der Waals surface area (Å²) >= 11 is 0. The Morgan fingerprint density at radius 1 is 1.50 bits per heavy atom. The largest absolute Gasteiger partial charge is 0.510 e. The first-order chi connectivity index (χ1) is 6.70. The molecule has 2 unspecified atom stereocenters. The highest BCUT2D eigenvalue weighted by atomic mass is 31.1. The number of nitrogens with zero attached hydrogens (tertiary/aromatic N) is 1. The Morgan fingerprint density at radius 2 is 2.21 bits per heavy atom. The van der Waals surface area contributed by atoms with Gasteiger partial charge in [0.05, 0.1) is 6.07 Å². The zero-order valence-electron chi connectivity index (χ0n) is 8.48. The number of aliphatic hydroxyl groups is 1. The van der Waals surface area contributed by atoms with Crippen LogP contribution in [0.1, 0.15) is 39.0 Å². The molecule has 0 saturated heterocycles. The van der Waals surface area contributed by atoms with Gasteiger partial charge in [0.2, 0.25) is 6.29 Å². The van der Waals surface area contributed by atoms with Gasteiger partial charge in [-0.2, -0.15) is 5.26 Å². The molecule has 0 aliphatic heterocycles. The third kappa shape index (κ3) is 8.12. The molecule has 80 valence electrons. The number of unbranched alkanes of at least 4 members (excludes halogenated alkanes) is 3. The lowest BCUT2D eigenvalue weighted by molar-refractivity contribution is -0.0183. The average molecular weight is 218 g/mol. The van der Waals surface area contributed by atoms with Crippen LogP contribution in [0.2, 0.25) is 0 Å². The van der Waals surface area contributed by atoms with Crippen LogP contribution in [0.3, 0.4) is 0 Å². The van der Waals surface area contributed by atoms with Crippen LogP contribution >= 0.6 is 8.03 Å². The van der Waals surface area contributed by atoms with E-state index in [2.05, 4.69) is 6.07 Å². The molecule has 0 spiro atoms. The van der Waals surface area contributed by atoms with Gasteiger partial charge in [0, 0.05) is 12.8 Å². The summed E-state index contributed by atoms with van der Waals surface area (Å²) in [6, 6.07) is 2.06. The molecule has 0 aliphatic carbocycles. The molecule has 5 heteroatoms. The lowest BCUT2D eigenvalue weighted by atomic mass is 10.1. The minimum absolute atomic E-state index is 0.431. The molecule has 0 saturated carbocycles. The summed E-state index contributed by atoms with van der Waals surface area (Å²) in [6.07, 6.45) is 3.11. The van der Waals surface area contributed by atoms with Crippen LogP contribution in [-0.2, 0) is 9.09 Å². The highest BCUT2D eigenvalue weighted by Crippen LogP contribution is 2.24. The second-order valence-electron chi connectivity index (χ2n) is 2.97. The Kier molecular flexibility index (Phi) is 8.76.